The number of imidazole rings is 1. The lowest BCUT2D eigenvalue weighted by Gasteiger charge is -2.02. The van der Waals surface area contributed by atoms with Gasteiger partial charge >= 0.3 is 0 Å². The lowest BCUT2D eigenvalue weighted by molar-refractivity contribution is 0.0955. The van der Waals surface area contributed by atoms with E-state index < -0.39 is 0 Å². The Morgan fingerprint density at radius 2 is 1.96 bits per heavy atom. The molecule has 0 aliphatic heterocycles. The summed E-state index contributed by atoms with van der Waals surface area (Å²) in [4.78, 5) is 17.8. The summed E-state index contributed by atoms with van der Waals surface area (Å²) in [6.45, 7) is 0. The molecule has 0 saturated carbocycles. The van der Waals surface area contributed by atoms with Gasteiger partial charge in [-0.3, -0.25) is 9.20 Å². The van der Waals surface area contributed by atoms with Crippen LogP contribution in [0.1, 0.15) is 16.1 Å². The summed E-state index contributed by atoms with van der Waals surface area (Å²) >= 11 is 1.55. The number of carbonyl (C=O) groups is 1. The van der Waals surface area contributed by atoms with E-state index in [0.717, 1.165) is 21.9 Å². The maximum absolute atomic E-state index is 12.3. The molecule has 0 atom stereocenters. The van der Waals surface area contributed by atoms with E-state index in [1.165, 1.54) is 0 Å². The second kappa shape index (κ2) is 7.43. The van der Waals surface area contributed by atoms with Crippen LogP contribution in [0.3, 0.4) is 0 Å². The van der Waals surface area contributed by atoms with Crippen molar-refractivity contribution in [2.45, 2.75) is 0 Å². The monoisotopic (exact) mass is 376 g/mol. The Balaban J connectivity index is 1.59. The highest BCUT2D eigenvalue weighted by Gasteiger charge is 2.13. The topological polar surface area (TPSA) is 68.0 Å². The van der Waals surface area contributed by atoms with Crippen molar-refractivity contribution in [3.05, 3.63) is 77.4 Å². The van der Waals surface area contributed by atoms with E-state index in [-0.39, 0.29) is 5.91 Å². The van der Waals surface area contributed by atoms with Crippen LogP contribution in [0.25, 0.3) is 16.2 Å². The summed E-state index contributed by atoms with van der Waals surface area (Å²) in [7, 11) is 1.58. The van der Waals surface area contributed by atoms with E-state index >= 15 is 0 Å². The molecule has 0 spiro atoms. The summed E-state index contributed by atoms with van der Waals surface area (Å²) in [5.41, 5.74) is 5.70. The normalized spacial score (nSPS) is 11.1. The van der Waals surface area contributed by atoms with Crippen molar-refractivity contribution < 1.29 is 9.53 Å². The molecular formula is C20H16N4O2S. The van der Waals surface area contributed by atoms with E-state index in [0.29, 0.717) is 11.3 Å². The molecule has 1 N–H and O–H groups in total. The highest BCUT2D eigenvalue weighted by molar-refractivity contribution is 7.15. The number of carbonyl (C=O) groups excluding carboxylic acids is 1. The maximum atomic E-state index is 12.3. The number of benzene rings is 2. The van der Waals surface area contributed by atoms with Gasteiger partial charge in [-0.15, -0.1) is 11.3 Å². The van der Waals surface area contributed by atoms with E-state index in [4.69, 9.17) is 4.74 Å². The van der Waals surface area contributed by atoms with Crippen molar-refractivity contribution >= 4 is 28.4 Å². The zero-order chi connectivity index (χ0) is 18.6. The first-order valence-corrected chi connectivity index (χ1v) is 9.12. The minimum absolute atomic E-state index is 0.291. The van der Waals surface area contributed by atoms with Gasteiger partial charge in [0.05, 0.1) is 24.7 Å². The molecule has 27 heavy (non-hydrogen) atoms. The predicted molar refractivity (Wildman–Crippen MR) is 107 cm³/mol. The summed E-state index contributed by atoms with van der Waals surface area (Å²) < 4.78 is 7.05. The number of nitrogens with one attached hydrogen (secondary N) is 1. The Hall–Kier alpha value is -3.45. The number of ether oxygens (including phenoxy) is 1. The molecule has 4 aromatic rings. The number of hydrogen-bond acceptors (Lipinski definition) is 5. The van der Waals surface area contributed by atoms with Gasteiger partial charge in [0.1, 0.15) is 5.75 Å². The molecule has 2 aromatic heterocycles. The minimum Gasteiger partial charge on any atom is -0.497 e. The Labute approximate surface area is 159 Å². The van der Waals surface area contributed by atoms with Gasteiger partial charge in [0.25, 0.3) is 5.91 Å². The largest absolute Gasteiger partial charge is 0.497 e. The van der Waals surface area contributed by atoms with Gasteiger partial charge in [-0.2, -0.15) is 5.10 Å². The Morgan fingerprint density at radius 3 is 2.70 bits per heavy atom. The standard InChI is InChI=1S/C20H16N4O2S/c1-26-16-9-7-15(8-10-16)19(25)23-21-13-17-18(14-5-3-2-4-6-14)22-20-24(17)11-12-27-20/h2-13H,1H3,(H,23,25)/b21-13+. The lowest BCUT2D eigenvalue weighted by atomic mass is 10.1. The van der Waals surface area contributed by atoms with Gasteiger partial charge in [0.15, 0.2) is 4.96 Å². The molecule has 2 aromatic carbocycles. The number of aromatic nitrogens is 2. The first-order chi connectivity index (χ1) is 13.3. The first-order valence-electron chi connectivity index (χ1n) is 8.24. The van der Waals surface area contributed by atoms with Crippen LogP contribution in [-0.2, 0) is 0 Å². The molecule has 0 unspecified atom stereocenters. The Bertz CT molecular complexity index is 1100. The smallest absolute Gasteiger partial charge is 0.271 e. The molecule has 0 aliphatic rings. The van der Waals surface area contributed by atoms with Gasteiger partial charge in [-0.25, -0.2) is 10.4 Å². The average Bonchev–Trinajstić information content (AvgIpc) is 3.31. The molecule has 0 saturated heterocycles. The van der Waals surface area contributed by atoms with Crippen LogP contribution in [-0.4, -0.2) is 28.6 Å². The van der Waals surface area contributed by atoms with Crippen molar-refractivity contribution in [1.29, 1.82) is 0 Å². The lowest BCUT2D eigenvalue weighted by Crippen LogP contribution is -2.17. The molecule has 0 aliphatic carbocycles. The minimum atomic E-state index is -0.291. The third-order valence-electron chi connectivity index (χ3n) is 4.05. The molecule has 2 heterocycles. The van der Waals surface area contributed by atoms with Gasteiger partial charge in [-0.05, 0) is 24.3 Å². The summed E-state index contributed by atoms with van der Waals surface area (Å²) in [6.07, 6.45) is 3.56. The zero-order valence-corrected chi connectivity index (χ0v) is 15.3. The second-order valence-corrected chi connectivity index (χ2v) is 6.57. The first kappa shape index (κ1) is 17.0. The quantitative estimate of drug-likeness (QED) is 0.425. The SMILES string of the molecule is COc1ccc(C(=O)N/N=C/c2c(-c3ccccc3)nc3sccn23)cc1. The summed E-state index contributed by atoms with van der Waals surface area (Å²) in [5, 5.41) is 6.10. The fraction of sp³-hybridized carbons (Fsp3) is 0.0500. The number of nitrogens with zero attached hydrogens (tertiary/aromatic N) is 3. The van der Waals surface area contributed by atoms with Crippen LogP contribution < -0.4 is 10.2 Å². The molecule has 1 amide bonds. The summed E-state index contributed by atoms with van der Waals surface area (Å²) in [6, 6.07) is 16.7. The van der Waals surface area contributed by atoms with Crippen molar-refractivity contribution in [3.8, 4) is 17.0 Å². The third-order valence-corrected chi connectivity index (χ3v) is 4.81. The van der Waals surface area contributed by atoms with Gasteiger partial charge in [0.2, 0.25) is 0 Å². The van der Waals surface area contributed by atoms with Crippen LogP contribution in [0, 0.1) is 0 Å². The van der Waals surface area contributed by atoms with Gasteiger partial charge in [-0.1, -0.05) is 30.3 Å². The molecular weight excluding hydrogens is 360 g/mol. The van der Waals surface area contributed by atoms with Crippen molar-refractivity contribution in [3.63, 3.8) is 0 Å². The molecule has 0 bridgehead atoms. The van der Waals surface area contributed by atoms with Crippen LogP contribution in [0.5, 0.6) is 5.75 Å². The molecule has 0 fully saturated rings. The van der Waals surface area contributed by atoms with Crippen molar-refractivity contribution in [1.82, 2.24) is 14.8 Å². The van der Waals surface area contributed by atoms with Crippen molar-refractivity contribution in [2.24, 2.45) is 5.10 Å². The number of fused-ring (bicyclic) bond motifs is 1. The van der Waals surface area contributed by atoms with Crippen LogP contribution in [0.2, 0.25) is 0 Å². The number of rotatable bonds is 5. The van der Waals surface area contributed by atoms with E-state index in [1.807, 2.05) is 46.3 Å². The molecule has 0 radical (unpaired) electrons. The van der Waals surface area contributed by atoms with Crippen LogP contribution in [0.15, 0.2) is 71.3 Å². The number of methoxy groups -OCH3 is 1. The highest BCUT2D eigenvalue weighted by Crippen LogP contribution is 2.25. The Morgan fingerprint density at radius 1 is 1.19 bits per heavy atom. The number of hydrogen-bond donors (Lipinski definition) is 1. The number of thiazole rings is 1. The fourth-order valence-corrected chi connectivity index (χ4v) is 3.42. The van der Waals surface area contributed by atoms with E-state index in [9.17, 15) is 4.79 Å². The molecule has 4 rings (SSSR count). The fourth-order valence-electron chi connectivity index (χ4n) is 2.69. The van der Waals surface area contributed by atoms with Gasteiger partial charge < -0.3 is 4.74 Å². The predicted octanol–water partition coefficient (Wildman–Crippen LogP) is 3.84. The van der Waals surface area contributed by atoms with Crippen LogP contribution >= 0.6 is 11.3 Å². The zero-order valence-electron chi connectivity index (χ0n) is 14.5. The number of hydrazone groups is 1. The maximum Gasteiger partial charge on any atom is 0.271 e. The van der Waals surface area contributed by atoms with E-state index in [2.05, 4.69) is 15.5 Å². The van der Waals surface area contributed by atoms with Gasteiger partial charge in [0, 0.05) is 22.7 Å². The summed E-state index contributed by atoms with van der Waals surface area (Å²) in [5.74, 6) is 0.405. The van der Waals surface area contributed by atoms with E-state index in [1.54, 1.807) is 48.9 Å². The molecule has 6 nitrogen and oxygen atoms in total. The second-order valence-electron chi connectivity index (χ2n) is 5.69. The average molecular weight is 376 g/mol. The number of amides is 1. The van der Waals surface area contributed by atoms with Crippen molar-refractivity contribution in [2.75, 3.05) is 7.11 Å². The van der Waals surface area contributed by atoms with Crippen LogP contribution in [0.4, 0.5) is 0 Å². The Kier molecular flexibility index (Phi) is 4.67. The molecule has 134 valence electrons. The third kappa shape index (κ3) is 3.45. The highest BCUT2D eigenvalue weighted by atomic mass is 32.1. The molecule has 7 heteroatoms.